The molecule has 2 heterocycles. The van der Waals surface area contributed by atoms with Gasteiger partial charge >= 0.3 is 6.18 Å². The highest BCUT2D eigenvalue weighted by atomic mass is 19.4. The first-order chi connectivity index (χ1) is 11.8. The molecule has 0 aliphatic heterocycles. The first kappa shape index (κ1) is 16.6. The largest absolute Gasteiger partial charge is 0.416 e. The smallest absolute Gasteiger partial charge is 0.288 e. The van der Waals surface area contributed by atoms with Crippen LogP contribution < -0.4 is 5.32 Å². The van der Waals surface area contributed by atoms with Crippen molar-refractivity contribution < 1.29 is 18.0 Å². The molecular weight excluding hydrogens is 335 g/mol. The molecule has 1 aromatic carbocycles. The summed E-state index contributed by atoms with van der Waals surface area (Å²) in [5.41, 5.74) is -0.583. The number of amides is 1. The van der Waals surface area contributed by atoms with E-state index in [4.69, 9.17) is 0 Å². The standard InChI is InChI=1S/C16H12F3N5O/c1-10-21-15(23-24(10)12-5-3-2-4-6-12)22-14(25)13-9-11(7-8-20-13)16(17,18)19/h2-9H,1H3,(H,22,23,25). The van der Waals surface area contributed by atoms with E-state index in [1.165, 1.54) is 4.68 Å². The van der Waals surface area contributed by atoms with Crippen LogP contribution in [0.25, 0.3) is 5.69 Å². The topological polar surface area (TPSA) is 72.7 Å². The minimum atomic E-state index is -4.55. The molecule has 1 amide bonds. The van der Waals surface area contributed by atoms with Crippen molar-refractivity contribution in [3.05, 3.63) is 65.7 Å². The number of anilines is 1. The Bertz CT molecular complexity index is 906. The van der Waals surface area contributed by atoms with Gasteiger partial charge in [0.05, 0.1) is 11.3 Å². The van der Waals surface area contributed by atoms with E-state index in [1.807, 2.05) is 30.3 Å². The van der Waals surface area contributed by atoms with Gasteiger partial charge in [-0.25, -0.2) is 4.68 Å². The number of rotatable bonds is 3. The Morgan fingerprint density at radius 3 is 2.56 bits per heavy atom. The number of para-hydroxylation sites is 1. The van der Waals surface area contributed by atoms with Crippen LogP contribution in [0.2, 0.25) is 0 Å². The highest BCUT2D eigenvalue weighted by Crippen LogP contribution is 2.29. The summed E-state index contributed by atoms with van der Waals surface area (Å²) in [6.45, 7) is 1.69. The minimum absolute atomic E-state index is 0.0226. The van der Waals surface area contributed by atoms with Crippen molar-refractivity contribution in [2.24, 2.45) is 0 Å². The molecule has 0 atom stereocenters. The summed E-state index contributed by atoms with van der Waals surface area (Å²) in [6, 6.07) is 10.6. The third-order valence-corrected chi connectivity index (χ3v) is 3.31. The van der Waals surface area contributed by atoms with Crippen LogP contribution in [0.15, 0.2) is 48.7 Å². The van der Waals surface area contributed by atoms with E-state index in [9.17, 15) is 18.0 Å². The average molecular weight is 347 g/mol. The molecule has 128 valence electrons. The van der Waals surface area contributed by atoms with E-state index in [1.54, 1.807) is 6.92 Å². The number of halogens is 3. The predicted molar refractivity (Wildman–Crippen MR) is 83.3 cm³/mol. The molecule has 3 aromatic rings. The molecule has 6 nitrogen and oxygen atoms in total. The summed E-state index contributed by atoms with van der Waals surface area (Å²) in [4.78, 5) is 19.9. The van der Waals surface area contributed by atoms with E-state index in [2.05, 4.69) is 20.4 Å². The van der Waals surface area contributed by atoms with Gasteiger partial charge in [0.2, 0.25) is 5.95 Å². The Hall–Kier alpha value is -3.23. The number of carbonyl (C=O) groups excluding carboxylic acids is 1. The molecule has 0 saturated carbocycles. The van der Waals surface area contributed by atoms with Gasteiger partial charge in [0.25, 0.3) is 5.91 Å². The van der Waals surface area contributed by atoms with Gasteiger partial charge in [-0.1, -0.05) is 18.2 Å². The molecule has 0 bridgehead atoms. The molecule has 2 aromatic heterocycles. The summed E-state index contributed by atoms with van der Waals surface area (Å²) < 4.78 is 39.7. The number of nitrogens with one attached hydrogen (secondary N) is 1. The van der Waals surface area contributed by atoms with Crippen LogP contribution in [-0.2, 0) is 6.18 Å². The second-order valence-corrected chi connectivity index (χ2v) is 5.11. The molecule has 3 rings (SSSR count). The summed E-state index contributed by atoms with van der Waals surface area (Å²) in [5, 5.41) is 6.50. The summed E-state index contributed by atoms with van der Waals surface area (Å²) in [5.74, 6) is -0.333. The van der Waals surface area contributed by atoms with Crippen molar-refractivity contribution >= 4 is 11.9 Å². The van der Waals surface area contributed by atoms with Gasteiger partial charge in [0.1, 0.15) is 11.5 Å². The summed E-state index contributed by atoms with van der Waals surface area (Å²) in [6.07, 6.45) is -3.62. The molecular formula is C16H12F3N5O. The molecule has 0 spiro atoms. The first-order valence-electron chi connectivity index (χ1n) is 7.18. The average Bonchev–Trinajstić information content (AvgIpc) is 2.95. The predicted octanol–water partition coefficient (Wildman–Crippen LogP) is 3.24. The maximum atomic E-state index is 12.7. The van der Waals surface area contributed by atoms with Gasteiger partial charge in [-0.15, -0.1) is 5.10 Å². The molecule has 9 heteroatoms. The van der Waals surface area contributed by atoms with E-state index in [-0.39, 0.29) is 11.6 Å². The molecule has 0 radical (unpaired) electrons. The number of nitrogens with zero attached hydrogens (tertiary/aromatic N) is 4. The van der Waals surface area contributed by atoms with Crippen LogP contribution >= 0.6 is 0 Å². The normalized spacial score (nSPS) is 11.4. The van der Waals surface area contributed by atoms with Gasteiger partial charge < -0.3 is 0 Å². The number of alkyl halides is 3. The van der Waals surface area contributed by atoms with E-state index in [0.29, 0.717) is 11.9 Å². The van der Waals surface area contributed by atoms with Crippen molar-refractivity contribution in [1.82, 2.24) is 19.7 Å². The Morgan fingerprint density at radius 1 is 1.16 bits per heavy atom. The van der Waals surface area contributed by atoms with Crippen molar-refractivity contribution in [2.45, 2.75) is 13.1 Å². The van der Waals surface area contributed by atoms with Crippen LogP contribution in [0.1, 0.15) is 21.9 Å². The quantitative estimate of drug-likeness (QED) is 0.789. The van der Waals surface area contributed by atoms with Gasteiger partial charge in [0.15, 0.2) is 0 Å². The van der Waals surface area contributed by atoms with Crippen molar-refractivity contribution in [1.29, 1.82) is 0 Å². The number of hydrogen-bond donors (Lipinski definition) is 1. The lowest BCUT2D eigenvalue weighted by Gasteiger charge is -2.07. The number of hydrogen-bond acceptors (Lipinski definition) is 4. The van der Waals surface area contributed by atoms with Crippen molar-refractivity contribution in [3.63, 3.8) is 0 Å². The second kappa shape index (κ2) is 6.34. The van der Waals surface area contributed by atoms with Crippen LogP contribution in [0.5, 0.6) is 0 Å². The molecule has 0 unspecified atom stereocenters. The Morgan fingerprint density at radius 2 is 1.88 bits per heavy atom. The second-order valence-electron chi connectivity index (χ2n) is 5.11. The number of benzene rings is 1. The van der Waals surface area contributed by atoms with Crippen LogP contribution in [0.3, 0.4) is 0 Å². The third-order valence-electron chi connectivity index (χ3n) is 3.31. The molecule has 0 fully saturated rings. The maximum Gasteiger partial charge on any atom is 0.416 e. The number of pyridine rings is 1. The molecule has 0 aliphatic rings. The minimum Gasteiger partial charge on any atom is -0.288 e. The van der Waals surface area contributed by atoms with E-state index >= 15 is 0 Å². The maximum absolute atomic E-state index is 12.7. The van der Waals surface area contributed by atoms with E-state index in [0.717, 1.165) is 18.0 Å². The fourth-order valence-electron chi connectivity index (χ4n) is 2.15. The first-order valence-corrected chi connectivity index (χ1v) is 7.18. The molecule has 0 aliphatic carbocycles. The lowest BCUT2D eigenvalue weighted by atomic mass is 10.2. The SMILES string of the molecule is Cc1nc(NC(=O)c2cc(C(F)(F)F)ccn2)nn1-c1ccccc1. The van der Waals surface area contributed by atoms with Crippen LogP contribution in [0.4, 0.5) is 19.1 Å². The van der Waals surface area contributed by atoms with Crippen LogP contribution in [-0.4, -0.2) is 25.7 Å². The lowest BCUT2D eigenvalue weighted by Crippen LogP contribution is -2.16. The van der Waals surface area contributed by atoms with Gasteiger partial charge in [-0.3, -0.25) is 15.1 Å². The Labute approximate surface area is 140 Å². The number of aromatic nitrogens is 4. The molecule has 1 N–H and O–H groups in total. The van der Waals surface area contributed by atoms with E-state index < -0.39 is 17.6 Å². The Kier molecular flexibility index (Phi) is 4.22. The zero-order valence-electron chi connectivity index (χ0n) is 12.9. The van der Waals surface area contributed by atoms with Crippen molar-refractivity contribution in [3.8, 4) is 5.69 Å². The van der Waals surface area contributed by atoms with Crippen LogP contribution in [0, 0.1) is 6.92 Å². The van der Waals surface area contributed by atoms with Gasteiger partial charge in [-0.05, 0) is 31.2 Å². The highest BCUT2D eigenvalue weighted by molar-refractivity contribution is 6.01. The highest BCUT2D eigenvalue weighted by Gasteiger charge is 2.31. The zero-order valence-corrected chi connectivity index (χ0v) is 12.9. The third kappa shape index (κ3) is 3.65. The monoisotopic (exact) mass is 347 g/mol. The van der Waals surface area contributed by atoms with Crippen molar-refractivity contribution in [2.75, 3.05) is 5.32 Å². The summed E-state index contributed by atoms with van der Waals surface area (Å²) >= 11 is 0. The summed E-state index contributed by atoms with van der Waals surface area (Å²) in [7, 11) is 0. The zero-order chi connectivity index (χ0) is 18.0. The van der Waals surface area contributed by atoms with Gasteiger partial charge in [-0.2, -0.15) is 18.2 Å². The lowest BCUT2D eigenvalue weighted by molar-refractivity contribution is -0.137. The molecule has 25 heavy (non-hydrogen) atoms. The van der Waals surface area contributed by atoms with Gasteiger partial charge in [0, 0.05) is 6.20 Å². The molecule has 0 saturated heterocycles. The Balaban J connectivity index is 1.83. The number of aryl methyl sites for hydroxylation is 1. The number of carbonyl (C=O) groups is 1. The fourth-order valence-corrected chi connectivity index (χ4v) is 2.15. The fraction of sp³-hybridized carbons (Fsp3) is 0.125.